The van der Waals surface area contributed by atoms with Crippen molar-refractivity contribution in [2.45, 2.75) is 5.57 Å². The number of hydrogen-bond acceptors (Lipinski definition) is 5. The van der Waals surface area contributed by atoms with E-state index in [2.05, 4.69) is 25.0 Å². The van der Waals surface area contributed by atoms with Crippen molar-refractivity contribution in [3.05, 3.63) is 79.1 Å². The monoisotopic (exact) mass is 455 g/mol. The van der Waals surface area contributed by atoms with E-state index in [0.29, 0.717) is 22.5 Å². The molecule has 3 aromatic heterocycles. The number of pyridine rings is 2. The average molecular weight is 456 g/mol. The third kappa shape index (κ3) is 4.89. The lowest BCUT2D eigenvalue weighted by Gasteiger charge is -2.13. The van der Waals surface area contributed by atoms with Crippen molar-refractivity contribution >= 4 is 23.2 Å². The fourth-order valence-corrected chi connectivity index (χ4v) is 3.15. The average Bonchev–Trinajstić information content (AvgIpc) is 3.20. The summed E-state index contributed by atoms with van der Waals surface area (Å²) in [5.74, 6) is -0.556. The molecule has 0 unspecified atom stereocenters. The molecule has 0 aliphatic rings. The molecule has 4 rings (SSSR count). The number of imidazole rings is 1. The molecular weight excluding hydrogens is 440 g/mol. The Bertz CT molecular complexity index is 1240. The van der Waals surface area contributed by atoms with Gasteiger partial charge in [0.2, 0.25) is 0 Å². The second-order valence-corrected chi connectivity index (χ2v) is 7.22. The molecule has 10 heteroatoms. The van der Waals surface area contributed by atoms with Gasteiger partial charge in [-0.05, 0) is 36.4 Å². The SMILES string of the molecule is Cn1cncc1-c1ncc(C(=O)Nc2ccc(OC(F)(F)Cl)cc2)cc1-c1cccnc1. The lowest BCUT2D eigenvalue weighted by molar-refractivity contribution is -0.0964. The number of alkyl halides is 3. The molecule has 0 fully saturated rings. The molecule has 0 aliphatic carbocycles. The maximum absolute atomic E-state index is 12.8. The molecule has 0 aliphatic heterocycles. The van der Waals surface area contributed by atoms with Crippen molar-refractivity contribution in [2.75, 3.05) is 5.32 Å². The number of carbonyl (C=O) groups excluding carboxylic acids is 1. The zero-order valence-electron chi connectivity index (χ0n) is 16.7. The summed E-state index contributed by atoms with van der Waals surface area (Å²) in [6.45, 7) is 0. The van der Waals surface area contributed by atoms with Crippen LogP contribution in [0.2, 0.25) is 0 Å². The van der Waals surface area contributed by atoms with E-state index in [9.17, 15) is 13.6 Å². The summed E-state index contributed by atoms with van der Waals surface area (Å²) in [6, 6.07) is 10.8. The van der Waals surface area contributed by atoms with Crippen LogP contribution >= 0.6 is 11.6 Å². The van der Waals surface area contributed by atoms with E-state index in [1.807, 2.05) is 17.7 Å². The first kappa shape index (κ1) is 21.4. The lowest BCUT2D eigenvalue weighted by atomic mass is 10.0. The van der Waals surface area contributed by atoms with Crippen molar-refractivity contribution in [3.8, 4) is 28.3 Å². The van der Waals surface area contributed by atoms with Gasteiger partial charge in [-0.25, -0.2) is 4.98 Å². The predicted molar refractivity (Wildman–Crippen MR) is 115 cm³/mol. The van der Waals surface area contributed by atoms with E-state index in [1.165, 1.54) is 30.5 Å². The largest absolute Gasteiger partial charge is 0.487 e. The zero-order chi connectivity index (χ0) is 22.7. The van der Waals surface area contributed by atoms with Gasteiger partial charge in [-0.2, -0.15) is 0 Å². The molecule has 0 saturated carbocycles. The molecule has 3 heterocycles. The van der Waals surface area contributed by atoms with Crippen LogP contribution in [0.1, 0.15) is 10.4 Å². The number of carbonyl (C=O) groups is 1. The highest BCUT2D eigenvalue weighted by Gasteiger charge is 2.27. The Morgan fingerprint density at radius 2 is 1.91 bits per heavy atom. The fourth-order valence-electron chi connectivity index (χ4n) is 3.06. The number of aromatic nitrogens is 4. The fraction of sp³-hybridized carbons (Fsp3) is 0.0909. The van der Waals surface area contributed by atoms with Gasteiger partial charge in [0.25, 0.3) is 5.91 Å². The Morgan fingerprint density at radius 1 is 1.12 bits per heavy atom. The molecule has 4 aromatic rings. The smallest absolute Gasteiger partial charge is 0.420 e. The van der Waals surface area contributed by atoms with Gasteiger partial charge in [-0.1, -0.05) is 6.07 Å². The van der Waals surface area contributed by atoms with Crippen molar-refractivity contribution < 1.29 is 18.3 Å². The number of amides is 1. The van der Waals surface area contributed by atoms with Gasteiger partial charge < -0.3 is 14.6 Å². The topological polar surface area (TPSA) is 81.9 Å². The van der Waals surface area contributed by atoms with E-state index in [-0.39, 0.29) is 5.75 Å². The maximum atomic E-state index is 12.8. The van der Waals surface area contributed by atoms with Gasteiger partial charge in [-0.3, -0.25) is 14.8 Å². The van der Waals surface area contributed by atoms with Crippen molar-refractivity contribution in [1.29, 1.82) is 0 Å². The summed E-state index contributed by atoms with van der Waals surface area (Å²) < 4.78 is 31.6. The number of anilines is 1. The number of halogens is 3. The van der Waals surface area contributed by atoms with Crippen LogP contribution in [0.25, 0.3) is 22.5 Å². The Kier molecular flexibility index (Phi) is 5.83. The quantitative estimate of drug-likeness (QED) is 0.415. The molecule has 0 bridgehead atoms. The van der Waals surface area contributed by atoms with Crippen LogP contribution in [0, 0.1) is 0 Å². The molecular formula is C22H16ClF2N5O2. The Balaban J connectivity index is 1.63. The van der Waals surface area contributed by atoms with Gasteiger partial charge in [0.15, 0.2) is 0 Å². The Morgan fingerprint density at radius 3 is 2.53 bits per heavy atom. The van der Waals surface area contributed by atoms with Crippen LogP contribution in [0.5, 0.6) is 5.75 Å². The van der Waals surface area contributed by atoms with Gasteiger partial charge >= 0.3 is 5.57 Å². The predicted octanol–water partition coefficient (Wildman–Crippen LogP) is 4.96. The third-order valence-electron chi connectivity index (χ3n) is 4.53. The van der Waals surface area contributed by atoms with Crippen LogP contribution in [0.15, 0.2) is 73.6 Å². The third-order valence-corrected chi connectivity index (χ3v) is 4.60. The lowest BCUT2D eigenvalue weighted by Crippen LogP contribution is -2.16. The molecule has 0 spiro atoms. The van der Waals surface area contributed by atoms with Crippen molar-refractivity contribution in [2.24, 2.45) is 7.05 Å². The minimum absolute atomic E-state index is 0.135. The van der Waals surface area contributed by atoms with E-state index in [1.54, 1.807) is 37.1 Å². The second-order valence-electron chi connectivity index (χ2n) is 6.78. The summed E-state index contributed by atoms with van der Waals surface area (Å²) in [5.41, 5.74) is -0.187. The van der Waals surface area contributed by atoms with Crippen LogP contribution in [-0.2, 0) is 7.05 Å². The molecule has 1 amide bonds. The number of aryl methyl sites for hydroxylation is 1. The summed E-state index contributed by atoms with van der Waals surface area (Å²) in [4.78, 5) is 25.6. The summed E-state index contributed by atoms with van der Waals surface area (Å²) in [6.07, 6.45) is 8.16. The Hall–Kier alpha value is -3.85. The number of benzene rings is 1. The molecule has 0 atom stereocenters. The van der Waals surface area contributed by atoms with Crippen LogP contribution in [0.3, 0.4) is 0 Å². The highest BCUT2D eigenvalue weighted by Crippen LogP contribution is 2.31. The maximum Gasteiger partial charge on any atom is 0.487 e. The molecule has 0 radical (unpaired) electrons. The van der Waals surface area contributed by atoms with Gasteiger partial charge in [0.1, 0.15) is 5.75 Å². The number of nitrogens with zero attached hydrogens (tertiary/aromatic N) is 4. The highest BCUT2D eigenvalue weighted by atomic mass is 35.5. The zero-order valence-corrected chi connectivity index (χ0v) is 17.4. The number of nitrogens with one attached hydrogen (secondary N) is 1. The minimum atomic E-state index is -3.81. The normalized spacial score (nSPS) is 11.2. The van der Waals surface area contributed by atoms with Gasteiger partial charge in [0.05, 0.1) is 29.5 Å². The van der Waals surface area contributed by atoms with E-state index in [0.717, 1.165) is 11.3 Å². The summed E-state index contributed by atoms with van der Waals surface area (Å²) >= 11 is 4.75. The minimum Gasteiger partial charge on any atom is -0.420 e. The van der Waals surface area contributed by atoms with E-state index in [4.69, 9.17) is 11.6 Å². The van der Waals surface area contributed by atoms with Gasteiger partial charge in [0, 0.05) is 54.1 Å². The molecule has 162 valence electrons. The van der Waals surface area contributed by atoms with E-state index >= 15 is 0 Å². The molecule has 32 heavy (non-hydrogen) atoms. The summed E-state index contributed by atoms with van der Waals surface area (Å²) in [7, 11) is 1.85. The summed E-state index contributed by atoms with van der Waals surface area (Å²) in [5, 5.41) is 2.70. The number of rotatable bonds is 6. The number of ether oxygens (including phenoxy) is 1. The first-order chi connectivity index (χ1) is 15.3. The molecule has 1 aromatic carbocycles. The Labute approximate surface area is 186 Å². The standard InChI is InChI=1S/C22H16ClF2N5O2/c1-30-13-27-12-19(30)20-18(14-3-2-8-26-10-14)9-15(11-28-20)21(31)29-16-4-6-17(7-5-16)32-22(23,24)25/h2-13H,1H3,(H,29,31). The molecule has 0 saturated heterocycles. The first-order valence-electron chi connectivity index (χ1n) is 9.34. The first-order valence-corrected chi connectivity index (χ1v) is 9.72. The van der Waals surface area contributed by atoms with Crippen LogP contribution < -0.4 is 10.1 Å². The molecule has 1 N–H and O–H groups in total. The highest BCUT2D eigenvalue weighted by molar-refractivity contribution is 6.20. The van der Waals surface area contributed by atoms with Crippen molar-refractivity contribution in [1.82, 2.24) is 19.5 Å². The van der Waals surface area contributed by atoms with Crippen LogP contribution in [0.4, 0.5) is 14.5 Å². The van der Waals surface area contributed by atoms with E-state index < -0.39 is 11.5 Å². The second kappa shape index (κ2) is 8.72. The van der Waals surface area contributed by atoms with Gasteiger partial charge in [-0.15, -0.1) is 8.78 Å². The number of hydrogen-bond donors (Lipinski definition) is 1. The molecule has 7 nitrogen and oxygen atoms in total. The van der Waals surface area contributed by atoms with Crippen LogP contribution in [-0.4, -0.2) is 31.0 Å². The van der Waals surface area contributed by atoms with Crippen molar-refractivity contribution in [3.63, 3.8) is 0 Å².